The van der Waals surface area contributed by atoms with Gasteiger partial charge in [0.2, 0.25) is 0 Å². The molecule has 0 N–H and O–H groups in total. The lowest BCUT2D eigenvalue weighted by Gasteiger charge is -2.10. The first kappa shape index (κ1) is 19.7. The van der Waals surface area contributed by atoms with Gasteiger partial charge in [-0.05, 0) is 17.7 Å². The number of hydrogen-bond acceptors (Lipinski definition) is 4. The van der Waals surface area contributed by atoms with Crippen LogP contribution in [0.2, 0.25) is 0 Å². The Labute approximate surface area is 156 Å². The molecule has 0 radical (unpaired) electrons. The van der Waals surface area contributed by atoms with Crippen LogP contribution in [0.4, 0.5) is 17.6 Å². The molecular formula is C18H15F4N3O3. The normalized spacial score (nSPS) is 11.9. The number of carbonyl (C=O) groups excluding carboxylic acids is 1. The van der Waals surface area contributed by atoms with E-state index in [4.69, 9.17) is 4.74 Å². The zero-order valence-electron chi connectivity index (χ0n) is 14.7. The van der Waals surface area contributed by atoms with Gasteiger partial charge in [-0.2, -0.15) is 13.2 Å². The van der Waals surface area contributed by atoms with E-state index >= 15 is 0 Å². The van der Waals surface area contributed by atoms with Crippen LogP contribution in [0.5, 0.6) is 0 Å². The first-order valence-corrected chi connectivity index (χ1v) is 8.16. The molecule has 0 bridgehead atoms. The number of carbonyl (C=O) groups is 1. The van der Waals surface area contributed by atoms with Gasteiger partial charge in [-0.15, -0.1) is 0 Å². The lowest BCUT2D eigenvalue weighted by molar-refractivity contribution is -0.139. The number of benzene rings is 1. The van der Waals surface area contributed by atoms with Crippen LogP contribution in [0.3, 0.4) is 0 Å². The summed E-state index contributed by atoms with van der Waals surface area (Å²) in [6.45, 7) is 0.325. The molecular weight excluding hydrogens is 382 g/mol. The zero-order valence-corrected chi connectivity index (χ0v) is 14.7. The molecule has 148 valence electrons. The fraction of sp³-hybridized carbons (Fsp3) is 0.278. The highest BCUT2D eigenvalue weighted by atomic mass is 19.4. The van der Waals surface area contributed by atoms with Gasteiger partial charge in [-0.1, -0.05) is 6.07 Å². The number of alkyl halides is 3. The third kappa shape index (κ3) is 3.55. The number of halogens is 4. The van der Waals surface area contributed by atoms with Crippen molar-refractivity contribution in [3.05, 3.63) is 52.5 Å². The van der Waals surface area contributed by atoms with Crippen LogP contribution in [0, 0.1) is 5.82 Å². The number of rotatable bonds is 6. The van der Waals surface area contributed by atoms with Gasteiger partial charge >= 0.3 is 6.18 Å². The molecule has 0 amide bonds. The average molecular weight is 397 g/mol. The minimum absolute atomic E-state index is 0.0117. The lowest BCUT2D eigenvalue weighted by Crippen LogP contribution is -2.21. The second kappa shape index (κ2) is 7.55. The summed E-state index contributed by atoms with van der Waals surface area (Å²) >= 11 is 0. The van der Waals surface area contributed by atoms with Crippen molar-refractivity contribution < 1.29 is 27.1 Å². The van der Waals surface area contributed by atoms with Crippen LogP contribution in [0.15, 0.2) is 35.5 Å². The van der Waals surface area contributed by atoms with E-state index in [1.165, 1.54) is 19.6 Å². The van der Waals surface area contributed by atoms with E-state index in [0.29, 0.717) is 25.0 Å². The SMILES string of the molecule is COCCn1cc(-c2ccc(F)c(C(F)(F)F)c2)c2c(=O)n(CC=O)cnc21. The minimum Gasteiger partial charge on any atom is -0.383 e. The van der Waals surface area contributed by atoms with Gasteiger partial charge in [0.05, 0.1) is 24.1 Å². The van der Waals surface area contributed by atoms with E-state index in [9.17, 15) is 27.2 Å². The lowest BCUT2D eigenvalue weighted by atomic mass is 10.0. The van der Waals surface area contributed by atoms with Gasteiger partial charge in [0.15, 0.2) is 0 Å². The Morgan fingerprint density at radius 3 is 2.64 bits per heavy atom. The highest BCUT2D eigenvalue weighted by Gasteiger charge is 2.34. The van der Waals surface area contributed by atoms with Gasteiger partial charge < -0.3 is 14.1 Å². The summed E-state index contributed by atoms with van der Waals surface area (Å²) in [7, 11) is 1.48. The molecule has 2 heterocycles. The molecule has 0 unspecified atom stereocenters. The highest BCUT2D eigenvalue weighted by molar-refractivity contribution is 5.93. The molecule has 0 saturated heterocycles. The first-order valence-electron chi connectivity index (χ1n) is 8.16. The van der Waals surface area contributed by atoms with Crippen molar-refractivity contribution in [2.75, 3.05) is 13.7 Å². The van der Waals surface area contributed by atoms with Crippen LogP contribution in [-0.2, 0) is 28.8 Å². The molecule has 0 fully saturated rings. The summed E-state index contributed by atoms with van der Waals surface area (Å²) < 4.78 is 60.6. The molecule has 0 saturated carbocycles. The molecule has 0 aliphatic carbocycles. The summed E-state index contributed by atoms with van der Waals surface area (Å²) in [6, 6.07) is 2.52. The molecule has 28 heavy (non-hydrogen) atoms. The standard InChI is InChI=1S/C18H15F4N3O3/c1-28-7-5-24-9-12(11-2-3-14(19)13(8-11)18(20,21)22)15-16(24)23-10-25(4-6-26)17(15)27/h2-3,6,8-10H,4-5,7H2,1H3. The number of hydrogen-bond donors (Lipinski definition) is 0. The van der Waals surface area contributed by atoms with E-state index in [1.54, 1.807) is 4.57 Å². The average Bonchev–Trinajstić information content (AvgIpc) is 3.01. The van der Waals surface area contributed by atoms with Crippen molar-refractivity contribution in [1.29, 1.82) is 0 Å². The number of aldehydes is 1. The molecule has 0 spiro atoms. The summed E-state index contributed by atoms with van der Waals surface area (Å²) in [5.74, 6) is -1.41. The van der Waals surface area contributed by atoms with Crippen molar-refractivity contribution in [2.24, 2.45) is 0 Å². The molecule has 3 rings (SSSR count). The monoisotopic (exact) mass is 397 g/mol. The molecule has 0 aliphatic rings. The maximum Gasteiger partial charge on any atom is 0.419 e. The van der Waals surface area contributed by atoms with Crippen LogP contribution in [0.1, 0.15) is 5.56 Å². The second-order valence-corrected chi connectivity index (χ2v) is 5.99. The van der Waals surface area contributed by atoms with E-state index in [-0.39, 0.29) is 35.3 Å². The van der Waals surface area contributed by atoms with Crippen LogP contribution in [0.25, 0.3) is 22.2 Å². The predicted molar refractivity (Wildman–Crippen MR) is 92.3 cm³/mol. The fourth-order valence-electron chi connectivity index (χ4n) is 2.91. The van der Waals surface area contributed by atoms with Crippen molar-refractivity contribution in [3.63, 3.8) is 0 Å². The topological polar surface area (TPSA) is 66.1 Å². The summed E-state index contributed by atoms with van der Waals surface area (Å²) in [5, 5.41) is 0.0418. The number of nitrogens with zero attached hydrogens (tertiary/aromatic N) is 3. The van der Waals surface area contributed by atoms with Gasteiger partial charge in [0.1, 0.15) is 24.1 Å². The molecule has 6 nitrogen and oxygen atoms in total. The minimum atomic E-state index is -4.88. The van der Waals surface area contributed by atoms with Crippen molar-refractivity contribution in [1.82, 2.24) is 14.1 Å². The van der Waals surface area contributed by atoms with Gasteiger partial charge in [0, 0.05) is 25.4 Å². The maximum absolute atomic E-state index is 13.7. The predicted octanol–water partition coefficient (Wildman–Crippen LogP) is 2.87. The van der Waals surface area contributed by atoms with Crippen molar-refractivity contribution in [3.8, 4) is 11.1 Å². The van der Waals surface area contributed by atoms with Gasteiger partial charge in [-0.3, -0.25) is 9.36 Å². The largest absolute Gasteiger partial charge is 0.419 e. The third-order valence-electron chi connectivity index (χ3n) is 4.23. The molecule has 2 aromatic heterocycles. The van der Waals surface area contributed by atoms with E-state index < -0.39 is 23.1 Å². The maximum atomic E-state index is 13.7. The van der Waals surface area contributed by atoms with Crippen molar-refractivity contribution >= 4 is 17.3 Å². The molecule has 3 aromatic rings. The summed E-state index contributed by atoms with van der Waals surface area (Å²) in [6.07, 6.45) is -1.71. The van der Waals surface area contributed by atoms with E-state index in [2.05, 4.69) is 4.98 Å². The van der Waals surface area contributed by atoms with E-state index in [1.807, 2.05) is 0 Å². The Balaban J connectivity index is 2.29. The smallest absolute Gasteiger partial charge is 0.383 e. The highest BCUT2D eigenvalue weighted by Crippen LogP contribution is 2.36. The molecule has 1 aromatic carbocycles. The first-order chi connectivity index (χ1) is 13.3. The number of aromatic nitrogens is 3. The Kier molecular flexibility index (Phi) is 5.32. The van der Waals surface area contributed by atoms with Crippen LogP contribution >= 0.6 is 0 Å². The third-order valence-corrected chi connectivity index (χ3v) is 4.23. The quantitative estimate of drug-likeness (QED) is 0.474. The number of ether oxygens (including phenoxy) is 1. The van der Waals surface area contributed by atoms with Crippen LogP contribution < -0.4 is 5.56 Å². The van der Waals surface area contributed by atoms with Gasteiger partial charge in [-0.25, -0.2) is 9.37 Å². The van der Waals surface area contributed by atoms with E-state index in [0.717, 1.165) is 10.6 Å². The zero-order chi connectivity index (χ0) is 20.5. The Bertz CT molecular complexity index is 1090. The summed E-state index contributed by atoms with van der Waals surface area (Å²) in [5.41, 5.74) is -1.61. The van der Waals surface area contributed by atoms with Crippen molar-refractivity contribution in [2.45, 2.75) is 19.3 Å². The van der Waals surface area contributed by atoms with Gasteiger partial charge in [0.25, 0.3) is 5.56 Å². The summed E-state index contributed by atoms with van der Waals surface area (Å²) in [4.78, 5) is 27.7. The number of methoxy groups -OCH3 is 1. The second-order valence-electron chi connectivity index (χ2n) is 5.99. The number of fused-ring (bicyclic) bond motifs is 1. The Hall–Kier alpha value is -3.01. The molecule has 0 atom stereocenters. The Morgan fingerprint density at radius 2 is 2.00 bits per heavy atom. The van der Waals surface area contributed by atoms with Crippen LogP contribution in [-0.4, -0.2) is 34.1 Å². The Morgan fingerprint density at radius 1 is 1.25 bits per heavy atom. The fourth-order valence-corrected chi connectivity index (χ4v) is 2.91. The molecule has 10 heteroatoms. The molecule has 0 aliphatic heterocycles.